The molecule has 0 fully saturated rings. The van der Waals surface area contributed by atoms with E-state index in [1.807, 2.05) is 18.2 Å². The maximum atomic E-state index is 5.24. The van der Waals surface area contributed by atoms with Crippen LogP contribution in [0.5, 0.6) is 5.75 Å². The molecule has 1 aromatic carbocycles. The van der Waals surface area contributed by atoms with Gasteiger partial charge in [0.15, 0.2) is 0 Å². The van der Waals surface area contributed by atoms with Crippen molar-refractivity contribution in [2.45, 2.75) is 26.7 Å². The normalized spacial score (nSPS) is 10.7. The van der Waals surface area contributed by atoms with Gasteiger partial charge in [-0.2, -0.15) is 0 Å². The predicted octanol–water partition coefficient (Wildman–Crippen LogP) is 3.26. The fourth-order valence-corrected chi connectivity index (χ4v) is 2.27. The zero-order valence-corrected chi connectivity index (χ0v) is 11.9. The molecular weight excluding hydrogens is 238 g/mol. The third-order valence-corrected chi connectivity index (χ3v) is 3.11. The molecule has 2 aromatic rings. The van der Waals surface area contributed by atoms with E-state index in [1.165, 1.54) is 0 Å². The number of benzene rings is 1. The van der Waals surface area contributed by atoms with Crippen LogP contribution in [0.3, 0.4) is 0 Å². The van der Waals surface area contributed by atoms with E-state index in [2.05, 4.69) is 28.7 Å². The summed E-state index contributed by atoms with van der Waals surface area (Å²) in [4.78, 5) is 11.1. The lowest BCUT2D eigenvalue weighted by Gasteiger charge is -2.23. The fourth-order valence-electron chi connectivity index (χ4n) is 2.27. The molecule has 4 nitrogen and oxygen atoms in total. The van der Waals surface area contributed by atoms with Crippen LogP contribution in [-0.4, -0.2) is 30.2 Å². The van der Waals surface area contributed by atoms with Gasteiger partial charge in [-0.3, -0.25) is 0 Å². The highest BCUT2D eigenvalue weighted by Gasteiger charge is 2.11. The van der Waals surface area contributed by atoms with Gasteiger partial charge in [-0.1, -0.05) is 13.8 Å². The zero-order valence-electron chi connectivity index (χ0n) is 11.9. The van der Waals surface area contributed by atoms with Crippen LogP contribution in [0.2, 0.25) is 0 Å². The second-order valence-corrected chi connectivity index (χ2v) is 4.57. The van der Waals surface area contributed by atoms with Gasteiger partial charge in [0, 0.05) is 24.5 Å². The Morgan fingerprint density at radius 1 is 1.11 bits per heavy atom. The van der Waals surface area contributed by atoms with E-state index in [0.717, 1.165) is 48.4 Å². The van der Waals surface area contributed by atoms with E-state index in [9.17, 15) is 0 Å². The standard InChI is InChI=1S/C15H21N3O/c1-4-8-18(9-5-2)15-13-7-6-12(19-3)10-14(13)16-11-17-15/h6-7,10-11H,4-5,8-9H2,1-3H3. The second kappa shape index (κ2) is 6.36. The molecular formula is C15H21N3O. The monoisotopic (exact) mass is 259 g/mol. The van der Waals surface area contributed by atoms with Gasteiger partial charge in [0.05, 0.1) is 12.6 Å². The highest BCUT2D eigenvalue weighted by atomic mass is 16.5. The van der Waals surface area contributed by atoms with Crippen LogP contribution >= 0.6 is 0 Å². The Bertz CT molecular complexity index is 536. The van der Waals surface area contributed by atoms with Crippen LogP contribution in [0.1, 0.15) is 26.7 Å². The highest BCUT2D eigenvalue weighted by Crippen LogP contribution is 2.26. The number of methoxy groups -OCH3 is 1. The molecule has 0 aliphatic rings. The van der Waals surface area contributed by atoms with E-state index >= 15 is 0 Å². The largest absolute Gasteiger partial charge is 0.497 e. The Labute approximate surface area is 114 Å². The molecule has 0 unspecified atom stereocenters. The molecule has 0 bridgehead atoms. The Hall–Kier alpha value is -1.84. The molecule has 102 valence electrons. The molecule has 0 aliphatic carbocycles. The molecule has 0 atom stereocenters. The van der Waals surface area contributed by atoms with Crippen LogP contribution in [-0.2, 0) is 0 Å². The first-order chi connectivity index (χ1) is 9.30. The van der Waals surface area contributed by atoms with E-state index in [1.54, 1.807) is 13.4 Å². The van der Waals surface area contributed by atoms with Crippen molar-refractivity contribution >= 4 is 16.7 Å². The maximum absolute atomic E-state index is 5.24. The van der Waals surface area contributed by atoms with Crippen LogP contribution in [0.4, 0.5) is 5.82 Å². The summed E-state index contributed by atoms with van der Waals surface area (Å²) in [5, 5.41) is 1.09. The lowest BCUT2D eigenvalue weighted by Crippen LogP contribution is -2.26. The fraction of sp³-hybridized carbons (Fsp3) is 0.467. The van der Waals surface area contributed by atoms with Crippen molar-refractivity contribution in [1.82, 2.24) is 9.97 Å². The lowest BCUT2D eigenvalue weighted by molar-refractivity contribution is 0.415. The van der Waals surface area contributed by atoms with Gasteiger partial charge in [-0.15, -0.1) is 0 Å². The molecule has 1 heterocycles. The Kier molecular flexibility index (Phi) is 4.55. The third kappa shape index (κ3) is 2.95. The molecule has 0 saturated heterocycles. The predicted molar refractivity (Wildman–Crippen MR) is 78.9 cm³/mol. The number of ether oxygens (including phenoxy) is 1. The minimum Gasteiger partial charge on any atom is -0.497 e. The minimum absolute atomic E-state index is 0.828. The summed E-state index contributed by atoms with van der Waals surface area (Å²) in [6.07, 6.45) is 3.86. The first-order valence-corrected chi connectivity index (χ1v) is 6.83. The van der Waals surface area contributed by atoms with Crippen molar-refractivity contribution in [2.75, 3.05) is 25.1 Å². The summed E-state index contributed by atoms with van der Waals surface area (Å²) in [6.45, 7) is 6.42. The van der Waals surface area contributed by atoms with Crippen molar-refractivity contribution in [3.8, 4) is 5.75 Å². The van der Waals surface area contributed by atoms with Gasteiger partial charge < -0.3 is 9.64 Å². The van der Waals surface area contributed by atoms with Crippen LogP contribution < -0.4 is 9.64 Å². The Balaban J connectivity index is 2.46. The average molecular weight is 259 g/mol. The first kappa shape index (κ1) is 13.6. The summed E-state index contributed by atoms with van der Waals surface area (Å²) in [5.74, 6) is 1.85. The molecule has 0 N–H and O–H groups in total. The van der Waals surface area contributed by atoms with Crippen molar-refractivity contribution < 1.29 is 4.74 Å². The lowest BCUT2D eigenvalue weighted by atomic mass is 10.2. The quantitative estimate of drug-likeness (QED) is 0.798. The number of hydrogen-bond donors (Lipinski definition) is 0. The minimum atomic E-state index is 0.828. The van der Waals surface area contributed by atoms with Gasteiger partial charge >= 0.3 is 0 Å². The second-order valence-electron chi connectivity index (χ2n) is 4.57. The van der Waals surface area contributed by atoms with Gasteiger partial charge in [0.2, 0.25) is 0 Å². The maximum Gasteiger partial charge on any atom is 0.139 e. The number of hydrogen-bond acceptors (Lipinski definition) is 4. The molecule has 2 rings (SSSR count). The van der Waals surface area contributed by atoms with E-state index in [-0.39, 0.29) is 0 Å². The topological polar surface area (TPSA) is 38.2 Å². The van der Waals surface area contributed by atoms with Crippen LogP contribution in [0.15, 0.2) is 24.5 Å². The van der Waals surface area contributed by atoms with E-state index in [0.29, 0.717) is 0 Å². The van der Waals surface area contributed by atoms with E-state index in [4.69, 9.17) is 4.74 Å². The molecule has 0 radical (unpaired) electrons. The molecule has 0 saturated carbocycles. The summed E-state index contributed by atoms with van der Waals surface area (Å²) < 4.78 is 5.24. The molecule has 0 aliphatic heterocycles. The van der Waals surface area contributed by atoms with Crippen molar-refractivity contribution in [3.63, 3.8) is 0 Å². The van der Waals surface area contributed by atoms with Crippen LogP contribution in [0, 0.1) is 0 Å². The van der Waals surface area contributed by atoms with Gasteiger partial charge in [-0.25, -0.2) is 9.97 Å². The molecule has 19 heavy (non-hydrogen) atoms. The van der Waals surface area contributed by atoms with Gasteiger partial charge in [0.1, 0.15) is 17.9 Å². The first-order valence-electron chi connectivity index (χ1n) is 6.83. The number of fused-ring (bicyclic) bond motifs is 1. The SMILES string of the molecule is CCCN(CCC)c1ncnc2cc(OC)ccc12. The number of anilines is 1. The third-order valence-electron chi connectivity index (χ3n) is 3.11. The average Bonchev–Trinajstić information content (AvgIpc) is 2.46. The van der Waals surface area contributed by atoms with Crippen molar-refractivity contribution in [3.05, 3.63) is 24.5 Å². The summed E-state index contributed by atoms with van der Waals surface area (Å²) in [5.41, 5.74) is 0.932. The summed E-state index contributed by atoms with van der Waals surface area (Å²) in [7, 11) is 1.67. The summed E-state index contributed by atoms with van der Waals surface area (Å²) in [6, 6.07) is 5.96. The smallest absolute Gasteiger partial charge is 0.139 e. The number of aromatic nitrogens is 2. The van der Waals surface area contributed by atoms with Crippen LogP contribution in [0.25, 0.3) is 10.9 Å². The molecule has 4 heteroatoms. The molecule has 1 aromatic heterocycles. The van der Waals surface area contributed by atoms with Crippen molar-refractivity contribution in [2.24, 2.45) is 0 Å². The zero-order chi connectivity index (χ0) is 13.7. The summed E-state index contributed by atoms with van der Waals surface area (Å²) >= 11 is 0. The number of nitrogens with zero attached hydrogens (tertiary/aromatic N) is 3. The Morgan fingerprint density at radius 3 is 2.47 bits per heavy atom. The molecule has 0 amide bonds. The van der Waals surface area contributed by atoms with E-state index < -0.39 is 0 Å². The molecule has 0 spiro atoms. The Morgan fingerprint density at radius 2 is 1.84 bits per heavy atom. The highest BCUT2D eigenvalue weighted by molar-refractivity contribution is 5.90. The van der Waals surface area contributed by atoms with Crippen molar-refractivity contribution in [1.29, 1.82) is 0 Å². The number of rotatable bonds is 6. The van der Waals surface area contributed by atoms with Gasteiger partial charge in [-0.05, 0) is 25.0 Å². The van der Waals surface area contributed by atoms with Gasteiger partial charge in [0.25, 0.3) is 0 Å².